The number of hydrogen-bond donors (Lipinski definition) is 0. The molecule has 1 aliphatic heterocycles. The minimum absolute atomic E-state index is 0.0239. The molecular formula is C21H21N3O3. The highest BCUT2D eigenvalue weighted by Gasteiger charge is 2.36. The van der Waals surface area contributed by atoms with Gasteiger partial charge < -0.3 is 14.2 Å². The molecule has 1 amide bonds. The summed E-state index contributed by atoms with van der Waals surface area (Å²) < 4.78 is 10.9. The van der Waals surface area contributed by atoms with Crippen LogP contribution in [0.15, 0.2) is 47.0 Å². The summed E-state index contributed by atoms with van der Waals surface area (Å²) in [6.45, 7) is 4.57. The van der Waals surface area contributed by atoms with E-state index in [0.29, 0.717) is 30.4 Å². The van der Waals surface area contributed by atoms with Crippen molar-refractivity contribution >= 4 is 11.6 Å². The van der Waals surface area contributed by atoms with Crippen molar-refractivity contribution in [3.8, 4) is 17.1 Å². The van der Waals surface area contributed by atoms with Gasteiger partial charge in [0.05, 0.1) is 18.7 Å². The van der Waals surface area contributed by atoms with Crippen molar-refractivity contribution in [2.24, 2.45) is 0 Å². The summed E-state index contributed by atoms with van der Waals surface area (Å²) in [5.41, 5.74) is 4.00. The van der Waals surface area contributed by atoms with Gasteiger partial charge in [0.1, 0.15) is 5.75 Å². The third-order valence-corrected chi connectivity index (χ3v) is 4.91. The number of benzene rings is 2. The lowest BCUT2D eigenvalue weighted by Crippen LogP contribution is -2.24. The first-order valence-electron chi connectivity index (χ1n) is 8.91. The third-order valence-electron chi connectivity index (χ3n) is 4.91. The van der Waals surface area contributed by atoms with Crippen molar-refractivity contribution in [3.05, 3.63) is 59.5 Å². The average Bonchev–Trinajstić information content (AvgIpc) is 3.28. The van der Waals surface area contributed by atoms with Crippen LogP contribution in [0.3, 0.4) is 0 Å². The van der Waals surface area contributed by atoms with Gasteiger partial charge in [-0.2, -0.15) is 4.98 Å². The Labute approximate surface area is 157 Å². The van der Waals surface area contributed by atoms with Gasteiger partial charge >= 0.3 is 0 Å². The lowest BCUT2D eigenvalue weighted by molar-refractivity contribution is -0.117. The molecule has 1 aromatic heterocycles. The van der Waals surface area contributed by atoms with E-state index in [0.717, 1.165) is 16.8 Å². The van der Waals surface area contributed by atoms with E-state index < -0.39 is 0 Å². The van der Waals surface area contributed by atoms with Gasteiger partial charge in [0.25, 0.3) is 0 Å². The number of methoxy groups -OCH3 is 1. The van der Waals surface area contributed by atoms with E-state index in [1.54, 1.807) is 12.0 Å². The van der Waals surface area contributed by atoms with Gasteiger partial charge in [-0.3, -0.25) is 4.79 Å². The van der Waals surface area contributed by atoms with Crippen LogP contribution in [0, 0.1) is 13.8 Å². The van der Waals surface area contributed by atoms with Gasteiger partial charge in [-0.05, 0) is 31.5 Å². The number of carbonyl (C=O) groups is 1. The first kappa shape index (κ1) is 17.3. The molecule has 6 nitrogen and oxygen atoms in total. The van der Waals surface area contributed by atoms with Gasteiger partial charge in [-0.15, -0.1) is 0 Å². The van der Waals surface area contributed by atoms with Crippen LogP contribution in [-0.4, -0.2) is 29.7 Å². The number of rotatable bonds is 4. The van der Waals surface area contributed by atoms with Crippen LogP contribution in [0.5, 0.6) is 5.75 Å². The van der Waals surface area contributed by atoms with Crippen LogP contribution in [-0.2, 0) is 4.79 Å². The summed E-state index contributed by atoms with van der Waals surface area (Å²) in [6, 6.07) is 13.6. The maximum absolute atomic E-state index is 12.6. The summed E-state index contributed by atoms with van der Waals surface area (Å²) in [5, 5.41) is 4.14. The number of para-hydroxylation sites is 2. The summed E-state index contributed by atoms with van der Waals surface area (Å²) in [5.74, 6) is 1.62. The van der Waals surface area contributed by atoms with Crippen LogP contribution >= 0.6 is 0 Å². The molecule has 2 heterocycles. The van der Waals surface area contributed by atoms with Crippen molar-refractivity contribution in [1.29, 1.82) is 0 Å². The highest BCUT2D eigenvalue weighted by Crippen LogP contribution is 2.36. The molecule has 138 valence electrons. The maximum atomic E-state index is 12.6. The number of ether oxygens (including phenoxy) is 1. The van der Waals surface area contributed by atoms with Crippen molar-refractivity contribution in [2.45, 2.75) is 26.2 Å². The Balaban J connectivity index is 1.59. The zero-order valence-electron chi connectivity index (χ0n) is 15.6. The Kier molecular flexibility index (Phi) is 4.39. The van der Waals surface area contributed by atoms with Crippen LogP contribution in [0.4, 0.5) is 5.69 Å². The molecule has 1 saturated heterocycles. The van der Waals surface area contributed by atoms with Crippen molar-refractivity contribution in [2.75, 3.05) is 18.6 Å². The van der Waals surface area contributed by atoms with E-state index in [-0.39, 0.29) is 11.8 Å². The molecule has 0 radical (unpaired) electrons. The second-order valence-corrected chi connectivity index (χ2v) is 6.85. The van der Waals surface area contributed by atoms with Gasteiger partial charge in [0, 0.05) is 18.5 Å². The normalized spacial score (nSPS) is 16.8. The van der Waals surface area contributed by atoms with E-state index in [1.807, 2.05) is 43.3 Å². The average molecular weight is 363 g/mol. The molecule has 0 saturated carbocycles. The molecule has 0 aliphatic carbocycles. The molecule has 0 spiro atoms. The molecule has 6 heteroatoms. The quantitative estimate of drug-likeness (QED) is 0.703. The van der Waals surface area contributed by atoms with Gasteiger partial charge in [0.2, 0.25) is 17.6 Å². The predicted octanol–water partition coefficient (Wildman–Crippen LogP) is 3.88. The fraction of sp³-hybridized carbons (Fsp3) is 0.286. The second-order valence-electron chi connectivity index (χ2n) is 6.85. The van der Waals surface area contributed by atoms with E-state index in [2.05, 4.69) is 23.1 Å². The minimum atomic E-state index is -0.130. The molecule has 1 unspecified atom stereocenters. The molecule has 0 bridgehead atoms. The lowest BCUT2D eigenvalue weighted by atomic mass is 10.1. The Hall–Kier alpha value is -3.15. The number of anilines is 1. The van der Waals surface area contributed by atoms with Crippen LogP contribution < -0.4 is 9.64 Å². The van der Waals surface area contributed by atoms with E-state index in [4.69, 9.17) is 9.26 Å². The number of amides is 1. The molecule has 1 aliphatic rings. The van der Waals surface area contributed by atoms with Crippen LogP contribution in [0.1, 0.15) is 29.4 Å². The van der Waals surface area contributed by atoms with Crippen LogP contribution in [0.2, 0.25) is 0 Å². The molecule has 0 N–H and O–H groups in total. The summed E-state index contributed by atoms with van der Waals surface area (Å²) in [4.78, 5) is 18.9. The largest absolute Gasteiger partial charge is 0.495 e. The maximum Gasteiger partial charge on any atom is 0.232 e. The Morgan fingerprint density at radius 2 is 2.00 bits per heavy atom. The number of aryl methyl sites for hydroxylation is 2. The first-order chi connectivity index (χ1) is 13.1. The summed E-state index contributed by atoms with van der Waals surface area (Å²) >= 11 is 0. The van der Waals surface area contributed by atoms with Crippen molar-refractivity contribution in [1.82, 2.24) is 10.1 Å². The zero-order valence-corrected chi connectivity index (χ0v) is 15.6. The van der Waals surface area contributed by atoms with E-state index >= 15 is 0 Å². The fourth-order valence-electron chi connectivity index (χ4n) is 3.53. The minimum Gasteiger partial charge on any atom is -0.495 e. The van der Waals surface area contributed by atoms with E-state index in [9.17, 15) is 4.79 Å². The monoisotopic (exact) mass is 363 g/mol. The molecule has 2 aromatic carbocycles. The molecule has 3 aromatic rings. The third kappa shape index (κ3) is 3.18. The molecule has 4 rings (SSSR count). The second kappa shape index (κ2) is 6.87. The van der Waals surface area contributed by atoms with Gasteiger partial charge in [-0.25, -0.2) is 0 Å². The highest BCUT2D eigenvalue weighted by atomic mass is 16.5. The van der Waals surface area contributed by atoms with E-state index in [1.165, 1.54) is 5.56 Å². The number of carbonyl (C=O) groups excluding carboxylic acids is 1. The number of hydrogen-bond acceptors (Lipinski definition) is 5. The fourth-order valence-corrected chi connectivity index (χ4v) is 3.53. The van der Waals surface area contributed by atoms with Crippen LogP contribution in [0.25, 0.3) is 11.4 Å². The van der Waals surface area contributed by atoms with Crippen molar-refractivity contribution < 1.29 is 14.1 Å². The predicted molar refractivity (Wildman–Crippen MR) is 102 cm³/mol. The Morgan fingerprint density at radius 3 is 2.78 bits per heavy atom. The van der Waals surface area contributed by atoms with Crippen molar-refractivity contribution in [3.63, 3.8) is 0 Å². The summed E-state index contributed by atoms with van der Waals surface area (Å²) in [6.07, 6.45) is 0.340. The molecule has 1 fully saturated rings. The number of aromatic nitrogens is 2. The smallest absolute Gasteiger partial charge is 0.232 e. The van der Waals surface area contributed by atoms with Gasteiger partial charge in [-0.1, -0.05) is 41.1 Å². The Morgan fingerprint density at radius 1 is 1.19 bits per heavy atom. The zero-order chi connectivity index (χ0) is 19.0. The molecule has 1 atom stereocenters. The Bertz CT molecular complexity index is 996. The molecular weight excluding hydrogens is 342 g/mol. The number of nitrogens with zero attached hydrogens (tertiary/aromatic N) is 3. The lowest BCUT2D eigenvalue weighted by Gasteiger charge is -2.18. The standard InChI is InChI=1S/C21H21N3O3/c1-13-8-9-16(14(2)10-13)20-22-21(27-23-20)15-11-19(25)24(12-15)17-6-4-5-7-18(17)26-3/h4-10,15H,11-12H2,1-3H3. The molecule has 27 heavy (non-hydrogen) atoms. The highest BCUT2D eigenvalue weighted by molar-refractivity contribution is 5.97. The topological polar surface area (TPSA) is 68.5 Å². The van der Waals surface area contributed by atoms with Gasteiger partial charge in [0.15, 0.2) is 0 Å². The SMILES string of the molecule is COc1ccccc1N1CC(c2nc(-c3ccc(C)cc3C)no2)CC1=O. The summed E-state index contributed by atoms with van der Waals surface area (Å²) in [7, 11) is 1.60. The first-order valence-corrected chi connectivity index (χ1v) is 8.91.